The summed E-state index contributed by atoms with van der Waals surface area (Å²) < 4.78 is 0. The van der Waals surface area contributed by atoms with Gasteiger partial charge in [0.2, 0.25) is 0 Å². The molecule has 0 aliphatic heterocycles. The number of carboxylic acid groups (broad SMARTS) is 1. The van der Waals surface area contributed by atoms with Crippen LogP contribution in [0.1, 0.15) is 12.0 Å². The molecule has 0 heterocycles. The lowest BCUT2D eigenvalue weighted by Gasteiger charge is -2.02. The van der Waals surface area contributed by atoms with E-state index >= 15 is 0 Å². The van der Waals surface area contributed by atoms with Gasteiger partial charge in [0, 0.05) is 11.0 Å². The number of aliphatic carboxylic acids is 1. The minimum absolute atomic E-state index is 0.0420. The van der Waals surface area contributed by atoms with Crippen molar-refractivity contribution in [2.24, 2.45) is 0 Å². The summed E-state index contributed by atoms with van der Waals surface area (Å²) in [5.74, 6) is -1.03. The van der Waals surface area contributed by atoms with Crippen LogP contribution in [-0.2, 0) is 11.2 Å². The van der Waals surface area contributed by atoms with Gasteiger partial charge in [-0.15, -0.1) is 0 Å². The predicted octanol–water partition coefficient (Wildman–Crippen LogP) is 1.02. The van der Waals surface area contributed by atoms with E-state index in [0.717, 1.165) is 5.56 Å². The summed E-state index contributed by atoms with van der Waals surface area (Å²) in [6.45, 7) is 0. The maximum atomic E-state index is 10.1. The number of carboxylic acids is 1. The van der Waals surface area contributed by atoms with E-state index in [-0.39, 0.29) is 6.42 Å². The molecule has 0 amide bonds. The molecule has 0 saturated heterocycles. The van der Waals surface area contributed by atoms with Gasteiger partial charge in [-0.1, -0.05) is 23.7 Å². The second-order valence-corrected chi connectivity index (χ2v) is 2.94. The molecule has 1 rings (SSSR count). The number of halogens is 1. The van der Waals surface area contributed by atoms with Crippen molar-refractivity contribution in [2.45, 2.75) is 12.8 Å². The Morgan fingerprint density at radius 1 is 1.50 bits per heavy atom. The molecule has 12 heavy (non-hydrogen) atoms. The van der Waals surface area contributed by atoms with Gasteiger partial charge in [0.25, 0.3) is 0 Å². The first kappa shape index (κ1) is 9.07. The lowest BCUT2D eigenvalue weighted by atomic mass is 10.1. The maximum Gasteiger partial charge on any atom is 0.0417 e. The second-order valence-electron chi connectivity index (χ2n) is 2.50. The third-order valence-corrected chi connectivity index (χ3v) is 1.74. The molecule has 1 aromatic rings. The van der Waals surface area contributed by atoms with E-state index in [9.17, 15) is 9.90 Å². The van der Waals surface area contributed by atoms with Crippen LogP contribution in [0.15, 0.2) is 24.3 Å². The van der Waals surface area contributed by atoms with Crippen molar-refractivity contribution in [3.63, 3.8) is 0 Å². The van der Waals surface area contributed by atoms with E-state index in [0.29, 0.717) is 11.4 Å². The van der Waals surface area contributed by atoms with Crippen LogP contribution in [0.3, 0.4) is 0 Å². The third-order valence-electron chi connectivity index (χ3n) is 1.51. The minimum atomic E-state index is -1.03. The fourth-order valence-electron chi connectivity index (χ4n) is 0.939. The quantitative estimate of drug-likeness (QED) is 0.702. The molecule has 0 aliphatic rings. The fraction of sp³-hybridized carbons (Fsp3) is 0.222. The Hall–Kier alpha value is -1.02. The highest BCUT2D eigenvalue weighted by molar-refractivity contribution is 6.30. The first-order valence-electron chi connectivity index (χ1n) is 3.63. The Bertz CT molecular complexity index is 284. The zero-order chi connectivity index (χ0) is 8.97. The normalized spacial score (nSPS) is 9.75. The molecule has 0 aromatic heterocycles. The molecular weight excluding hydrogens is 176 g/mol. The van der Waals surface area contributed by atoms with Crippen molar-refractivity contribution in [1.82, 2.24) is 0 Å². The molecule has 0 atom stereocenters. The zero-order valence-corrected chi connectivity index (χ0v) is 7.17. The maximum absolute atomic E-state index is 10.1. The van der Waals surface area contributed by atoms with Crippen molar-refractivity contribution >= 4 is 17.6 Å². The Labute approximate surface area is 75.8 Å². The van der Waals surface area contributed by atoms with E-state index in [2.05, 4.69) is 0 Å². The molecule has 0 unspecified atom stereocenters. The summed E-state index contributed by atoms with van der Waals surface area (Å²) >= 11 is 5.70. The number of carbonyl (C=O) groups is 1. The predicted molar refractivity (Wildman–Crippen MR) is 44.8 cm³/mol. The van der Waals surface area contributed by atoms with Gasteiger partial charge in [-0.2, -0.15) is 0 Å². The monoisotopic (exact) mass is 183 g/mol. The van der Waals surface area contributed by atoms with Crippen molar-refractivity contribution < 1.29 is 9.90 Å². The highest BCUT2D eigenvalue weighted by Gasteiger charge is 1.93. The Balaban J connectivity index is 2.57. The van der Waals surface area contributed by atoms with Crippen molar-refractivity contribution in [1.29, 1.82) is 0 Å². The number of carbonyl (C=O) groups excluding carboxylic acids is 1. The summed E-state index contributed by atoms with van der Waals surface area (Å²) in [7, 11) is 0. The van der Waals surface area contributed by atoms with E-state index < -0.39 is 5.97 Å². The highest BCUT2D eigenvalue weighted by Crippen LogP contribution is 2.11. The van der Waals surface area contributed by atoms with Gasteiger partial charge in [-0.3, -0.25) is 0 Å². The van der Waals surface area contributed by atoms with Crippen LogP contribution in [0.4, 0.5) is 0 Å². The Morgan fingerprint density at radius 3 is 2.83 bits per heavy atom. The SMILES string of the molecule is O=C([O-])CCc1cccc(Cl)c1. The van der Waals surface area contributed by atoms with Crippen LogP contribution in [0.2, 0.25) is 5.02 Å². The zero-order valence-electron chi connectivity index (χ0n) is 6.42. The molecule has 0 aliphatic carbocycles. The first-order valence-corrected chi connectivity index (χ1v) is 4.00. The number of rotatable bonds is 3. The van der Waals surface area contributed by atoms with Gasteiger partial charge in [0.1, 0.15) is 0 Å². The van der Waals surface area contributed by atoms with Gasteiger partial charge in [-0.25, -0.2) is 0 Å². The van der Waals surface area contributed by atoms with E-state index in [1.807, 2.05) is 6.07 Å². The summed E-state index contributed by atoms with van der Waals surface area (Å²) in [5, 5.41) is 10.7. The lowest BCUT2D eigenvalue weighted by Crippen LogP contribution is -2.22. The molecule has 3 heteroatoms. The summed E-state index contributed by atoms with van der Waals surface area (Å²) in [4.78, 5) is 10.1. The number of benzene rings is 1. The average molecular weight is 184 g/mol. The molecule has 2 nitrogen and oxygen atoms in total. The second kappa shape index (κ2) is 4.12. The van der Waals surface area contributed by atoms with Crippen LogP contribution < -0.4 is 5.11 Å². The third kappa shape index (κ3) is 2.93. The molecule has 0 N–H and O–H groups in total. The van der Waals surface area contributed by atoms with Crippen molar-refractivity contribution in [2.75, 3.05) is 0 Å². The fourth-order valence-corrected chi connectivity index (χ4v) is 1.15. The van der Waals surface area contributed by atoms with Gasteiger partial charge in [0.15, 0.2) is 0 Å². The van der Waals surface area contributed by atoms with Crippen molar-refractivity contribution in [3.05, 3.63) is 34.9 Å². The molecule has 0 radical (unpaired) electrons. The number of hydrogen-bond donors (Lipinski definition) is 0. The molecule has 0 fully saturated rings. The Kier molecular flexibility index (Phi) is 3.11. The molecule has 0 saturated carbocycles. The van der Waals surface area contributed by atoms with Crippen LogP contribution in [0.5, 0.6) is 0 Å². The van der Waals surface area contributed by atoms with Crippen LogP contribution >= 0.6 is 11.6 Å². The molecule has 0 spiro atoms. The molecule has 64 valence electrons. The van der Waals surface area contributed by atoms with E-state index in [1.165, 1.54) is 0 Å². The van der Waals surface area contributed by atoms with E-state index in [4.69, 9.17) is 11.6 Å². The summed E-state index contributed by atoms with van der Waals surface area (Å²) in [6.07, 6.45) is 0.517. The lowest BCUT2D eigenvalue weighted by molar-refractivity contribution is -0.305. The number of hydrogen-bond acceptors (Lipinski definition) is 2. The molecular formula is C9H8ClO2-. The smallest absolute Gasteiger partial charge is 0.0417 e. The number of aryl methyl sites for hydroxylation is 1. The van der Waals surface area contributed by atoms with Crippen LogP contribution in [0, 0.1) is 0 Å². The summed E-state index contributed by atoms with van der Waals surface area (Å²) in [5.41, 5.74) is 0.923. The average Bonchev–Trinajstić information content (AvgIpc) is 2.01. The molecule has 0 bridgehead atoms. The Morgan fingerprint density at radius 2 is 2.25 bits per heavy atom. The standard InChI is InChI=1S/C9H9ClO2/c10-8-3-1-2-7(6-8)4-5-9(11)12/h1-3,6H,4-5H2,(H,11,12)/p-1. The minimum Gasteiger partial charge on any atom is -0.550 e. The first-order chi connectivity index (χ1) is 5.68. The van der Waals surface area contributed by atoms with Gasteiger partial charge in [0.05, 0.1) is 0 Å². The topological polar surface area (TPSA) is 40.1 Å². The van der Waals surface area contributed by atoms with Gasteiger partial charge in [-0.05, 0) is 30.5 Å². The summed E-state index contributed by atoms with van der Waals surface area (Å²) in [6, 6.07) is 7.15. The van der Waals surface area contributed by atoms with E-state index in [1.54, 1.807) is 18.2 Å². The van der Waals surface area contributed by atoms with Crippen molar-refractivity contribution in [3.8, 4) is 0 Å². The van der Waals surface area contributed by atoms with Crippen LogP contribution in [0.25, 0.3) is 0 Å². The molecule has 1 aromatic carbocycles. The highest BCUT2D eigenvalue weighted by atomic mass is 35.5. The van der Waals surface area contributed by atoms with Gasteiger partial charge >= 0.3 is 0 Å². The van der Waals surface area contributed by atoms with Gasteiger partial charge < -0.3 is 9.90 Å². The van der Waals surface area contributed by atoms with Crippen LogP contribution in [-0.4, -0.2) is 5.97 Å². The largest absolute Gasteiger partial charge is 0.550 e.